The van der Waals surface area contributed by atoms with Gasteiger partial charge in [-0.15, -0.1) is 11.8 Å². The van der Waals surface area contributed by atoms with Crippen LogP contribution >= 0.6 is 11.8 Å². The van der Waals surface area contributed by atoms with Crippen LogP contribution < -0.4 is 4.74 Å². The van der Waals surface area contributed by atoms with Crippen LogP contribution in [0.5, 0.6) is 5.75 Å². The second-order valence-electron chi connectivity index (χ2n) is 8.55. The zero-order chi connectivity index (χ0) is 23.0. The molecule has 176 valence electrons. The number of pyridine rings is 1. The van der Waals surface area contributed by atoms with Gasteiger partial charge >= 0.3 is 0 Å². The highest BCUT2D eigenvalue weighted by Gasteiger charge is 2.29. The van der Waals surface area contributed by atoms with Crippen LogP contribution in [0, 0.1) is 11.8 Å². The van der Waals surface area contributed by atoms with Gasteiger partial charge in [0.1, 0.15) is 11.9 Å². The number of methoxy groups -OCH3 is 1. The first kappa shape index (κ1) is 23.9. The fourth-order valence-corrected chi connectivity index (χ4v) is 5.53. The Kier molecular flexibility index (Phi) is 8.47. The molecule has 1 unspecified atom stereocenters. The summed E-state index contributed by atoms with van der Waals surface area (Å²) in [6, 6.07) is 9.31. The first-order valence-electron chi connectivity index (χ1n) is 11.5. The molecule has 1 aliphatic heterocycles. The number of nitrogens with zero attached hydrogens (tertiary/aromatic N) is 4. The zero-order valence-corrected chi connectivity index (χ0v) is 19.8. The summed E-state index contributed by atoms with van der Waals surface area (Å²) < 4.78 is 20.7. The maximum atomic E-state index is 15.3. The van der Waals surface area contributed by atoms with E-state index in [0.717, 1.165) is 54.0 Å². The molecule has 1 saturated heterocycles. The third kappa shape index (κ3) is 6.19. The molecule has 3 atom stereocenters. The molecule has 0 aliphatic carbocycles. The van der Waals surface area contributed by atoms with Crippen molar-refractivity contribution >= 4 is 22.7 Å². The minimum atomic E-state index is -1.06. The molecule has 3 heterocycles. The van der Waals surface area contributed by atoms with Crippen LogP contribution in [0.3, 0.4) is 0 Å². The average Bonchev–Trinajstić information content (AvgIpc) is 2.87. The van der Waals surface area contributed by atoms with Crippen molar-refractivity contribution in [3.8, 4) is 5.75 Å². The lowest BCUT2D eigenvalue weighted by atomic mass is 9.81. The molecule has 6 nitrogen and oxygen atoms in total. The van der Waals surface area contributed by atoms with Crippen LogP contribution in [0.1, 0.15) is 31.0 Å². The summed E-state index contributed by atoms with van der Waals surface area (Å²) in [5, 5.41) is 18.5. The first-order chi connectivity index (χ1) is 16.2. The number of thioether (sulfide) groups is 1. The van der Waals surface area contributed by atoms with Crippen LogP contribution in [0.15, 0.2) is 53.8 Å². The van der Waals surface area contributed by atoms with Crippen LogP contribution in [0.4, 0.5) is 4.39 Å². The highest BCUT2D eigenvalue weighted by atomic mass is 32.2. The number of ether oxygens (including phenoxy) is 1. The predicted octanol–water partition coefficient (Wildman–Crippen LogP) is 4.55. The maximum absolute atomic E-state index is 15.3. The summed E-state index contributed by atoms with van der Waals surface area (Å²) in [6.45, 7) is 2.97. The Morgan fingerprint density at radius 3 is 2.91 bits per heavy atom. The molecule has 8 heteroatoms. The number of benzene rings is 1. The van der Waals surface area contributed by atoms with Gasteiger partial charge in [0.15, 0.2) is 0 Å². The Balaban J connectivity index is 1.30. The number of piperidine rings is 1. The van der Waals surface area contributed by atoms with Crippen molar-refractivity contribution in [1.29, 1.82) is 0 Å². The highest BCUT2D eigenvalue weighted by Crippen LogP contribution is 2.35. The van der Waals surface area contributed by atoms with Gasteiger partial charge < -0.3 is 14.7 Å². The lowest BCUT2D eigenvalue weighted by molar-refractivity contribution is 0.0672. The van der Waals surface area contributed by atoms with Crippen molar-refractivity contribution < 1.29 is 14.2 Å². The van der Waals surface area contributed by atoms with Crippen molar-refractivity contribution in [2.45, 2.75) is 30.3 Å². The molecule has 1 N–H and O–H groups in total. The van der Waals surface area contributed by atoms with Crippen molar-refractivity contribution in [1.82, 2.24) is 20.1 Å². The minimum Gasteiger partial charge on any atom is -0.497 e. The Hall–Kier alpha value is -2.29. The Morgan fingerprint density at radius 1 is 1.21 bits per heavy atom. The van der Waals surface area contributed by atoms with Gasteiger partial charge in [-0.1, -0.05) is 0 Å². The van der Waals surface area contributed by atoms with E-state index in [-0.39, 0.29) is 12.5 Å². The summed E-state index contributed by atoms with van der Waals surface area (Å²) in [6.07, 6.45) is 6.30. The molecule has 0 radical (unpaired) electrons. The van der Waals surface area contributed by atoms with E-state index in [1.165, 1.54) is 0 Å². The van der Waals surface area contributed by atoms with E-state index >= 15 is 4.39 Å². The number of likely N-dealkylation sites (tertiary alicyclic amines) is 1. The smallest absolute Gasteiger partial charge is 0.126 e. The molecule has 33 heavy (non-hydrogen) atoms. The topological polar surface area (TPSA) is 71.4 Å². The number of halogens is 1. The third-order valence-electron chi connectivity index (χ3n) is 6.55. The molecule has 0 bridgehead atoms. The van der Waals surface area contributed by atoms with Crippen LogP contribution in [0.25, 0.3) is 10.9 Å². The molecule has 1 fully saturated rings. The summed E-state index contributed by atoms with van der Waals surface area (Å²) in [7, 11) is 1.61. The number of rotatable bonds is 10. The van der Waals surface area contributed by atoms with Gasteiger partial charge in [0.2, 0.25) is 0 Å². The molecular weight excluding hydrogens is 439 g/mol. The van der Waals surface area contributed by atoms with Crippen molar-refractivity contribution in [3.63, 3.8) is 0 Å². The van der Waals surface area contributed by atoms with Crippen LogP contribution in [0.2, 0.25) is 0 Å². The first-order valence-corrected chi connectivity index (χ1v) is 12.5. The molecule has 0 saturated carbocycles. The van der Waals surface area contributed by atoms with Crippen molar-refractivity contribution in [2.24, 2.45) is 11.8 Å². The molecule has 4 rings (SSSR count). The molecule has 0 amide bonds. The molecule has 1 aromatic carbocycles. The largest absolute Gasteiger partial charge is 0.497 e. The van der Waals surface area contributed by atoms with Gasteiger partial charge in [-0.25, -0.2) is 4.39 Å². The van der Waals surface area contributed by atoms with Crippen molar-refractivity contribution in [2.75, 3.05) is 39.1 Å². The van der Waals surface area contributed by atoms with Crippen LogP contribution in [-0.4, -0.2) is 64.3 Å². The van der Waals surface area contributed by atoms with E-state index in [0.29, 0.717) is 23.7 Å². The predicted molar refractivity (Wildman–Crippen MR) is 129 cm³/mol. The van der Waals surface area contributed by atoms with Crippen LogP contribution in [-0.2, 0) is 0 Å². The van der Waals surface area contributed by atoms with Gasteiger partial charge in [0, 0.05) is 41.9 Å². The van der Waals surface area contributed by atoms with Gasteiger partial charge in [-0.05, 0) is 73.5 Å². The van der Waals surface area contributed by atoms with Gasteiger partial charge in [0.05, 0.1) is 25.0 Å². The Morgan fingerprint density at radius 2 is 2.12 bits per heavy atom. The van der Waals surface area contributed by atoms with Crippen molar-refractivity contribution in [3.05, 3.63) is 54.5 Å². The lowest BCUT2D eigenvalue weighted by Gasteiger charge is -2.38. The van der Waals surface area contributed by atoms with E-state index in [1.807, 2.05) is 24.3 Å². The number of aliphatic hydroxyl groups excluding tert-OH is 1. The number of fused-ring (bicyclic) bond motifs is 1. The molecular formula is C25H31FN4O2S. The molecule has 2 aromatic heterocycles. The zero-order valence-electron chi connectivity index (χ0n) is 18.9. The van der Waals surface area contributed by atoms with E-state index in [4.69, 9.17) is 4.74 Å². The molecule has 3 aromatic rings. The van der Waals surface area contributed by atoms with Gasteiger partial charge in [-0.3, -0.25) is 4.98 Å². The third-order valence-corrected chi connectivity index (χ3v) is 7.52. The quantitative estimate of drug-likeness (QED) is 0.436. The monoisotopic (exact) mass is 470 g/mol. The molecule has 1 aliphatic rings. The highest BCUT2D eigenvalue weighted by molar-refractivity contribution is 7.99. The summed E-state index contributed by atoms with van der Waals surface area (Å²) >= 11 is 1.77. The van der Waals surface area contributed by atoms with E-state index in [9.17, 15) is 5.11 Å². The Bertz CT molecular complexity index is 1030. The van der Waals surface area contributed by atoms with E-state index in [1.54, 1.807) is 43.5 Å². The SMILES string of the molecule is COc1ccc2nccc(C(F)CC[C@@H]3CCN(CCSc4ccnnc4)C[C@@H]3CO)c2c1. The lowest BCUT2D eigenvalue weighted by Crippen LogP contribution is -2.43. The standard InChI is InChI=1S/C25H31FN4O2S/c1-32-20-3-5-25-23(14-20)22(7-9-27-25)24(26)4-2-18-8-11-30(16-19(18)17-31)12-13-33-21-6-10-28-29-15-21/h3,5-7,9-10,14-15,18-19,24,31H,2,4,8,11-13,16-17H2,1H3/t18-,19-,24?/m1/s1. The summed E-state index contributed by atoms with van der Waals surface area (Å²) in [5.41, 5.74) is 1.44. The second kappa shape index (κ2) is 11.7. The number of hydrogen-bond donors (Lipinski definition) is 1. The van der Waals surface area contributed by atoms with E-state index < -0.39 is 6.17 Å². The second-order valence-corrected chi connectivity index (χ2v) is 9.72. The fourth-order valence-electron chi connectivity index (χ4n) is 4.67. The average molecular weight is 471 g/mol. The number of aromatic nitrogens is 3. The number of hydrogen-bond acceptors (Lipinski definition) is 7. The number of alkyl halides is 1. The normalized spacial score (nSPS) is 20.1. The summed E-state index contributed by atoms with van der Waals surface area (Å²) in [4.78, 5) is 7.89. The minimum absolute atomic E-state index is 0.148. The summed E-state index contributed by atoms with van der Waals surface area (Å²) in [5.74, 6) is 2.20. The molecule has 0 spiro atoms. The van der Waals surface area contributed by atoms with Gasteiger partial charge in [0.25, 0.3) is 0 Å². The Labute approximate surface area is 198 Å². The number of aliphatic hydroxyl groups is 1. The van der Waals surface area contributed by atoms with Gasteiger partial charge in [-0.2, -0.15) is 10.2 Å². The van der Waals surface area contributed by atoms with E-state index in [2.05, 4.69) is 20.1 Å². The maximum Gasteiger partial charge on any atom is 0.126 e. The fraction of sp³-hybridized carbons (Fsp3) is 0.480.